The number of nitrogens with two attached hydrogens (primary N) is 1. The number of hydrogen-bond donors (Lipinski definition) is 3. The van der Waals surface area contributed by atoms with Gasteiger partial charge in [0.25, 0.3) is 0 Å². The number of rotatable bonds is 10. The Morgan fingerprint density at radius 3 is 2.29 bits per heavy atom. The maximum atomic E-state index is 14.1. The van der Waals surface area contributed by atoms with Crippen molar-refractivity contribution < 1.29 is 26.7 Å². The molecular weight excluding hydrogens is 435 g/mol. The third kappa shape index (κ3) is 7.40. The highest BCUT2D eigenvalue weighted by atomic mass is 32.2. The summed E-state index contributed by atoms with van der Waals surface area (Å²) in [7, 11) is -3.94. The Kier molecular flexibility index (Phi) is 8.32. The number of benzene rings is 1. The van der Waals surface area contributed by atoms with E-state index >= 15 is 0 Å². The Morgan fingerprint density at radius 2 is 1.71 bits per heavy atom. The zero-order valence-electron chi connectivity index (χ0n) is 17.4. The largest absolute Gasteiger partial charge is 0.394 e. The van der Waals surface area contributed by atoms with Gasteiger partial charge >= 0.3 is 0 Å². The fraction of sp³-hybridized carbons (Fsp3) is 0.526. The van der Waals surface area contributed by atoms with Gasteiger partial charge in [0, 0.05) is 6.42 Å². The number of primary sulfonamides is 1. The van der Waals surface area contributed by atoms with Crippen molar-refractivity contribution in [3.05, 3.63) is 46.8 Å². The Labute approximate surface area is 179 Å². The molecule has 0 fully saturated rings. The van der Waals surface area contributed by atoms with Crippen LogP contribution in [0.4, 0.5) is 19.1 Å². The molecule has 8 nitrogen and oxygen atoms in total. The van der Waals surface area contributed by atoms with Gasteiger partial charge in [-0.25, -0.2) is 31.7 Å². The first kappa shape index (κ1) is 25.0. The van der Waals surface area contributed by atoms with Gasteiger partial charge in [-0.3, -0.25) is 0 Å². The van der Waals surface area contributed by atoms with Gasteiger partial charge in [-0.05, 0) is 29.9 Å². The van der Waals surface area contributed by atoms with E-state index in [9.17, 15) is 26.7 Å². The molecule has 0 saturated heterocycles. The highest BCUT2D eigenvalue weighted by molar-refractivity contribution is 7.88. The molecule has 0 amide bonds. The van der Waals surface area contributed by atoms with Crippen LogP contribution in [0.3, 0.4) is 0 Å². The number of hydrogen-bond acceptors (Lipinski definition) is 7. The molecule has 2 aromatic rings. The van der Waals surface area contributed by atoms with E-state index in [1.54, 1.807) is 6.92 Å². The number of aliphatic hydroxyl groups excluding tert-OH is 1. The van der Waals surface area contributed by atoms with Gasteiger partial charge in [-0.15, -0.1) is 0 Å². The lowest BCUT2D eigenvalue weighted by molar-refractivity contribution is 0.259. The lowest BCUT2D eigenvalue weighted by atomic mass is 9.96. The molecule has 0 saturated carbocycles. The molecule has 1 heterocycles. The van der Waals surface area contributed by atoms with Crippen molar-refractivity contribution in [2.24, 2.45) is 11.1 Å². The molecule has 1 aromatic carbocycles. The van der Waals surface area contributed by atoms with Crippen LogP contribution < -0.4 is 10.5 Å². The number of aliphatic hydroxyl groups is 1. The van der Waals surface area contributed by atoms with E-state index in [2.05, 4.69) is 20.3 Å². The second-order valence-electron chi connectivity index (χ2n) is 7.82. The highest BCUT2D eigenvalue weighted by Crippen LogP contribution is 2.25. The van der Waals surface area contributed by atoms with Crippen LogP contribution in [0.15, 0.2) is 12.1 Å². The minimum absolute atomic E-state index is 0.00914. The first-order valence-corrected chi connectivity index (χ1v) is 11.4. The van der Waals surface area contributed by atoms with E-state index < -0.39 is 45.2 Å². The molecule has 2 rings (SSSR count). The molecule has 0 spiro atoms. The second-order valence-corrected chi connectivity index (χ2v) is 9.44. The molecule has 0 aliphatic heterocycles. The first-order chi connectivity index (χ1) is 14.4. The van der Waals surface area contributed by atoms with E-state index in [4.69, 9.17) is 5.14 Å². The van der Waals surface area contributed by atoms with Crippen LogP contribution in [0.25, 0.3) is 0 Å². The molecule has 0 unspecified atom stereocenters. The third-order valence-electron chi connectivity index (χ3n) is 4.45. The molecular formula is C19H26F3N5O3S. The zero-order chi connectivity index (χ0) is 23.3. The summed E-state index contributed by atoms with van der Waals surface area (Å²) in [4.78, 5) is 12.3. The average Bonchev–Trinajstić information content (AvgIpc) is 2.63. The summed E-state index contributed by atoms with van der Waals surface area (Å²) in [6.45, 7) is 5.29. The number of nitrogens with zero attached hydrogens (tertiary/aromatic N) is 3. The minimum Gasteiger partial charge on any atom is -0.394 e. The average molecular weight is 462 g/mol. The van der Waals surface area contributed by atoms with Crippen LogP contribution in [-0.2, 0) is 22.2 Å². The maximum Gasteiger partial charge on any atom is 0.226 e. The molecule has 2 atom stereocenters. The Morgan fingerprint density at radius 1 is 1.06 bits per heavy atom. The fourth-order valence-electron chi connectivity index (χ4n) is 3.10. The van der Waals surface area contributed by atoms with Gasteiger partial charge in [-0.1, -0.05) is 26.8 Å². The summed E-state index contributed by atoms with van der Waals surface area (Å²) >= 11 is 0. The van der Waals surface area contributed by atoms with Crippen molar-refractivity contribution >= 4 is 16.0 Å². The van der Waals surface area contributed by atoms with Crippen molar-refractivity contribution in [1.29, 1.82) is 0 Å². The van der Waals surface area contributed by atoms with Gasteiger partial charge in [0.05, 0.1) is 12.6 Å². The van der Waals surface area contributed by atoms with Crippen molar-refractivity contribution in [1.82, 2.24) is 15.0 Å². The van der Waals surface area contributed by atoms with Gasteiger partial charge in [0.1, 0.15) is 11.6 Å². The number of aromatic nitrogens is 3. The summed E-state index contributed by atoms with van der Waals surface area (Å²) in [6, 6.07) is 1.57. The van der Waals surface area contributed by atoms with Crippen molar-refractivity contribution in [3.63, 3.8) is 0 Å². The Balaban J connectivity index is 2.36. The van der Waals surface area contributed by atoms with Gasteiger partial charge in [0.15, 0.2) is 23.3 Å². The Hall–Kier alpha value is -2.31. The molecule has 0 aliphatic rings. The number of halogens is 3. The molecule has 0 radical (unpaired) electrons. The van der Waals surface area contributed by atoms with Crippen LogP contribution in [0.5, 0.6) is 0 Å². The quantitative estimate of drug-likeness (QED) is 0.463. The predicted molar refractivity (Wildman–Crippen MR) is 109 cm³/mol. The van der Waals surface area contributed by atoms with E-state index in [1.807, 2.05) is 13.8 Å². The third-order valence-corrected chi connectivity index (χ3v) is 5.11. The lowest BCUT2D eigenvalue weighted by Crippen LogP contribution is -2.28. The van der Waals surface area contributed by atoms with Gasteiger partial charge in [0.2, 0.25) is 16.0 Å². The van der Waals surface area contributed by atoms with Crippen LogP contribution in [-0.4, -0.2) is 41.1 Å². The van der Waals surface area contributed by atoms with Crippen LogP contribution in [0.1, 0.15) is 50.3 Å². The molecule has 1 aromatic heterocycles. The first-order valence-electron chi connectivity index (χ1n) is 9.64. The molecule has 4 N–H and O–H groups in total. The van der Waals surface area contributed by atoms with E-state index in [0.29, 0.717) is 6.42 Å². The lowest BCUT2D eigenvalue weighted by Gasteiger charge is -2.19. The van der Waals surface area contributed by atoms with Crippen molar-refractivity contribution in [2.45, 2.75) is 51.3 Å². The van der Waals surface area contributed by atoms with E-state index in [1.165, 1.54) is 0 Å². The fourth-order valence-corrected chi connectivity index (χ4v) is 3.59. The Bertz CT molecular complexity index is 1020. The van der Waals surface area contributed by atoms with E-state index in [-0.39, 0.29) is 42.1 Å². The van der Waals surface area contributed by atoms with Crippen LogP contribution in [0.2, 0.25) is 0 Å². The minimum atomic E-state index is -3.94. The smallest absolute Gasteiger partial charge is 0.226 e. The summed E-state index contributed by atoms with van der Waals surface area (Å²) < 4.78 is 63.9. The summed E-state index contributed by atoms with van der Waals surface area (Å²) in [5.74, 6) is -5.22. The van der Waals surface area contributed by atoms with Crippen molar-refractivity contribution in [3.8, 4) is 0 Å². The highest BCUT2D eigenvalue weighted by Gasteiger charge is 2.21. The molecule has 0 bridgehead atoms. The second kappa shape index (κ2) is 10.3. The zero-order valence-corrected chi connectivity index (χ0v) is 18.3. The van der Waals surface area contributed by atoms with Crippen LogP contribution >= 0.6 is 0 Å². The summed E-state index contributed by atoms with van der Waals surface area (Å²) in [6.07, 6.45) is 0.587. The molecule has 31 heavy (non-hydrogen) atoms. The summed E-state index contributed by atoms with van der Waals surface area (Å²) in [5.41, 5.74) is -0.0742. The van der Waals surface area contributed by atoms with Gasteiger partial charge < -0.3 is 10.4 Å². The monoisotopic (exact) mass is 461 g/mol. The normalized spacial score (nSPS) is 14.0. The van der Waals surface area contributed by atoms with Gasteiger partial charge in [-0.2, -0.15) is 9.97 Å². The molecule has 12 heteroatoms. The van der Waals surface area contributed by atoms with E-state index in [0.717, 1.165) is 12.1 Å². The SMILES string of the molecule is CC(C)C[C@H](CO)Nc1nc(C[C@@H](C)c2ccc(F)c(F)c2F)nc(CS(N)(=O)=O)n1. The topological polar surface area (TPSA) is 131 Å². The summed E-state index contributed by atoms with van der Waals surface area (Å²) in [5, 5.41) is 17.6. The van der Waals surface area contributed by atoms with Crippen LogP contribution in [0, 0.1) is 23.4 Å². The predicted octanol–water partition coefficient (Wildman–Crippen LogP) is 2.24. The maximum absolute atomic E-state index is 14.1. The number of anilines is 1. The van der Waals surface area contributed by atoms with Crippen molar-refractivity contribution in [2.75, 3.05) is 11.9 Å². The number of sulfonamides is 1. The number of nitrogens with one attached hydrogen (secondary N) is 1. The molecule has 172 valence electrons. The molecule has 0 aliphatic carbocycles. The standard InChI is InChI=1S/C19H26F3N5O3S/c1-10(2)6-12(8-28)24-19-26-15(25-16(27-19)9-31(23,29)30)7-11(3)13-4-5-14(20)18(22)17(13)21/h4-5,10-12,28H,6-9H2,1-3H3,(H2,23,29,30)(H,24,25,26,27)/t11-,12-/m1/s1.